The molecule has 76 valence electrons. The molecule has 1 aromatic carbocycles. The van der Waals surface area contributed by atoms with Gasteiger partial charge < -0.3 is 4.74 Å². The summed E-state index contributed by atoms with van der Waals surface area (Å²) in [6.07, 6.45) is 0. The van der Waals surface area contributed by atoms with E-state index in [1.54, 1.807) is 0 Å². The third-order valence-corrected chi connectivity index (χ3v) is 2.43. The molecule has 0 bridgehead atoms. The molecule has 0 N–H and O–H groups in total. The Bertz CT molecular complexity index is 391. The molecule has 0 atom stereocenters. The van der Waals surface area contributed by atoms with Crippen molar-refractivity contribution >= 4 is 29.0 Å². The van der Waals surface area contributed by atoms with Crippen LogP contribution in [0.1, 0.15) is 17.3 Å². The number of benzene rings is 1. The van der Waals surface area contributed by atoms with Crippen LogP contribution < -0.4 is 4.74 Å². The van der Waals surface area contributed by atoms with Gasteiger partial charge in [0.25, 0.3) is 0 Å². The van der Waals surface area contributed by atoms with Gasteiger partial charge in [0.05, 0.1) is 12.1 Å². The van der Waals surface area contributed by atoms with E-state index in [4.69, 9.17) is 27.9 Å². The van der Waals surface area contributed by atoms with Crippen LogP contribution in [0.2, 0.25) is 10.0 Å². The van der Waals surface area contributed by atoms with E-state index in [0.717, 1.165) is 6.07 Å². The van der Waals surface area contributed by atoms with Crippen molar-refractivity contribution in [3.63, 3.8) is 0 Å². The van der Waals surface area contributed by atoms with Crippen molar-refractivity contribution in [2.75, 3.05) is 7.11 Å². The largest absolute Gasteiger partial charge is 0.493 e. The molecule has 0 amide bonds. The molecule has 0 unspecified atom stereocenters. The highest BCUT2D eigenvalue weighted by Gasteiger charge is 2.18. The van der Waals surface area contributed by atoms with Crippen LogP contribution in [0.4, 0.5) is 4.39 Å². The summed E-state index contributed by atoms with van der Waals surface area (Å²) in [5.41, 5.74) is 0.0606. The molecule has 0 aliphatic carbocycles. The molecule has 14 heavy (non-hydrogen) atoms. The maximum absolute atomic E-state index is 13.1. The van der Waals surface area contributed by atoms with E-state index in [9.17, 15) is 9.18 Å². The van der Waals surface area contributed by atoms with Gasteiger partial charge in [0.2, 0.25) is 0 Å². The van der Waals surface area contributed by atoms with Crippen LogP contribution in [0.25, 0.3) is 0 Å². The first-order chi connectivity index (χ1) is 6.49. The predicted octanol–water partition coefficient (Wildman–Crippen LogP) is 3.34. The summed E-state index contributed by atoms with van der Waals surface area (Å²) < 4.78 is 17.9. The monoisotopic (exact) mass is 236 g/mol. The Labute approximate surface area is 90.6 Å². The number of hydrogen-bond donors (Lipinski definition) is 0. The van der Waals surface area contributed by atoms with E-state index in [0.29, 0.717) is 0 Å². The average Bonchev–Trinajstić information content (AvgIpc) is 2.12. The lowest BCUT2D eigenvalue weighted by Crippen LogP contribution is -1.98. The molecule has 0 saturated heterocycles. The van der Waals surface area contributed by atoms with Gasteiger partial charge in [-0.25, -0.2) is 4.39 Å². The van der Waals surface area contributed by atoms with Crippen molar-refractivity contribution in [3.05, 3.63) is 27.5 Å². The molecule has 0 heterocycles. The van der Waals surface area contributed by atoms with Crippen LogP contribution >= 0.6 is 23.2 Å². The number of carbonyl (C=O) groups is 1. The Morgan fingerprint density at radius 3 is 2.43 bits per heavy atom. The third kappa shape index (κ3) is 1.83. The summed E-state index contributed by atoms with van der Waals surface area (Å²) in [6, 6.07) is 0.996. The zero-order valence-electron chi connectivity index (χ0n) is 7.53. The lowest BCUT2D eigenvalue weighted by molar-refractivity contribution is 0.101. The zero-order chi connectivity index (χ0) is 10.9. The minimum atomic E-state index is -0.724. The molecule has 1 rings (SSSR count). The minimum Gasteiger partial charge on any atom is -0.493 e. The Balaban J connectivity index is 3.50. The van der Waals surface area contributed by atoms with Gasteiger partial charge in [-0.05, 0) is 13.0 Å². The van der Waals surface area contributed by atoms with Crippen LogP contribution in [0.3, 0.4) is 0 Å². The summed E-state index contributed by atoms with van der Waals surface area (Å²) in [5, 5.41) is -0.186. The number of ketones is 1. The summed E-state index contributed by atoms with van der Waals surface area (Å²) in [7, 11) is 1.30. The standard InChI is InChI=1S/C9H7Cl2FO2/c1-4(13)5-3-6(12)8(11)9(14-2)7(5)10/h3H,1-2H3. The molecule has 0 saturated carbocycles. The van der Waals surface area contributed by atoms with Crippen LogP contribution in [0.15, 0.2) is 6.07 Å². The fraction of sp³-hybridized carbons (Fsp3) is 0.222. The summed E-state index contributed by atoms with van der Waals surface area (Å²) in [6.45, 7) is 1.29. The molecular formula is C9H7Cl2FO2. The summed E-state index contributed by atoms with van der Waals surface area (Å²) in [4.78, 5) is 11.0. The minimum absolute atomic E-state index is 0.0152. The first-order valence-corrected chi connectivity index (χ1v) is 4.47. The van der Waals surface area contributed by atoms with Crippen molar-refractivity contribution < 1.29 is 13.9 Å². The fourth-order valence-electron chi connectivity index (χ4n) is 1.02. The SMILES string of the molecule is COc1c(Cl)c(F)cc(C(C)=O)c1Cl. The Kier molecular flexibility index (Phi) is 3.34. The maximum Gasteiger partial charge on any atom is 0.161 e. The second-order valence-corrected chi connectivity index (χ2v) is 3.38. The van der Waals surface area contributed by atoms with E-state index < -0.39 is 5.82 Å². The van der Waals surface area contributed by atoms with E-state index in [1.807, 2.05) is 0 Å². The molecule has 0 radical (unpaired) electrons. The van der Waals surface area contributed by atoms with E-state index in [-0.39, 0.29) is 27.1 Å². The number of ether oxygens (including phenoxy) is 1. The van der Waals surface area contributed by atoms with Gasteiger partial charge in [-0.2, -0.15) is 0 Å². The Hall–Kier alpha value is -0.800. The molecule has 2 nitrogen and oxygen atoms in total. The topological polar surface area (TPSA) is 26.3 Å². The van der Waals surface area contributed by atoms with Gasteiger partial charge in [-0.15, -0.1) is 0 Å². The highest BCUT2D eigenvalue weighted by Crippen LogP contribution is 2.37. The smallest absolute Gasteiger partial charge is 0.161 e. The lowest BCUT2D eigenvalue weighted by atomic mass is 10.1. The second kappa shape index (κ2) is 4.15. The highest BCUT2D eigenvalue weighted by molar-refractivity contribution is 6.39. The molecule has 0 aromatic heterocycles. The number of Topliss-reactive ketones (excluding diaryl/α,β-unsaturated/α-hetero) is 1. The summed E-state index contributed by atoms with van der Waals surface area (Å²) >= 11 is 11.4. The van der Waals surface area contributed by atoms with Gasteiger partial charge >= 0.3 is 0 Å². The number of rotatable bonds is 2. The first kappa shape index (κ1) is 11.3. The van der Waals surface area contributed by atoms with Gasteiger partial charge in [0.1, 0.15) is 10.8 Å². The van der Waals surface area contributed by atoms with Crippen molar-refractivity contribution in [2.45, 2.75) is 6.92 Å². The van der Waals surface area contributed by atoms with Gasteiger partial charge in [0.15, 0.2) is 11.5 Å². The normalized spacial score (nSPS) is 10.1. The summed E-state index contributed by atoms with van der Waals surface area (Å²) in [5.74, 6) is -1.08. The average molecular weight is 237 g/mol. The van der Waals surface area contributed by atoms with Crippen molar-refractivity contribution in [2.24, 2.45) is 0 Å². The van der Waals surface area contributed by atoms with Crippen molar-refractivity contribution in [1.82, 2.24) is 0 Å². The van der Waals surface area contributed by atoms with E-state index in [2.05, 4.69) is 0 Å². The van der Waals surface area contributed by atoms with E-state index in [1.165, 1.54) is 14.0 Å². The Morgan fingerprint density at radius 2 is 2.00 bits per heavy atom. The molecule has 1 aromatic rings. The van der Waals surface area contributed by atoms with Crippen molar-refractivity contribution in [1.29, 1.82) is 0 Å². The van der Waals surface area contributed by atoms with Crippen LogP contribution in [0.5, 0.6) is 5.75 Å². The molecule has 0 aliphatic heterocycles. The van der Waals surface area contributed by atoms with Crippen LogP contribution in [0, 0.1) is 5.82 Å². The lowest BCUT2D eigenvalue weighted by Gasteiger charge is -2.09. The predicted molar refractivity (Wildman–Crippen MR) is 53.0 cm³/mol. The van der Waals surface area contributed by atoms with Crippen LogP contribution in [-0.4, -0.2) is 12.9 Å². The van der Waals surface area contributed by atoms with Crippen molar-refractivity contribution in [3.8, 4) is 5.75 Å². The quantitative estimate of drug-likeness (QED) is 0.582. The highest BCUT2D eigenvalue weighted by atomic mass is 35.5. The first-order valence-electron chi connectivity index (χ1n) is 3.71. The molecule has 5 heteroatoms. The van der Waals surface area contributed by atoms with E-state index >= 15 is 0 Å². The number of halogens is 3. The zero-order valence-corrected chi connectivity index (χ0v) is 9.04. The second-order valence-electron chi connectivity index (χ2n) is 2.62. The van der Waals surface area contributed by atoms with Gasteiger partial charge in [-0.3, -0.25) is 4.79 Å². The fourth-order valence-corrected chi connectivity index (χ4v) is 1.65. The molecular weight excluding hydrogens is 230 g/mol. The van der Waals surface area contributed by atoms with Gasteiger partial charge in [0, 0.05) is 5.56 Å². The maximum atomic E-state index is 13.1. The molecule has 0 spiro atoms. The molecule has 0 aliphatic rings. The number of methoxy groups -OCH3 is 1. The van der Waals surface area contributed by atoms with Crippen LogP contribution in [-0.2, 0) is 0 Å². The molecule has 0 fully saturated rings. The number of carbonyl (C=O) groups excluding carboxylic acids is 1. The number of hydrogen-bond acceptors (Lipinski definition) is 2. The Morgan fingerprint density at radius 1 is 1.43 bits per heavy atom. The van der Waals surface area contributed by atoms with Gasteiger partial charge in [-0.1, -0.05) is 23.2 Å². The third-order valence-electron chi connectivity index (χ3n) is 1.70.